The standard InChI is InChI=1S/C9H6F5NO2S/c10-4-5(11)7(13)9(8(14)6(4)12)18(16,17)15-2-1-3-15/h1-3H2. The van der Waals surface area contributed by atoms with Gasteiger partial charge in [0.25, 0.3) is 0 Å². The molecular formula is C9H6F5NO2S. The lowest BCUT2D eigenvalue weighted by Gasteiger charge is -2.29. The second kappa shape index (κ2) is 4.16. The third-order valence-electron chi connectivity index (χ3n) is 2.58. The number of hydrogen-bond donors (Lipinski definition) is 0. The summed E-state index contributed by atoms with van der Waals surface area (Å²) in [5.74, 6) is -11.6. The van der Waals surface area contributed by atoms with E-state index in [2.05, 4.69) is 0 Å². The van der Waals surface area contributed by atoms with Crippen LogP contribution < -0.4 is 0 Å². The number of benzene rings is 1. The van der Waals surface area contributed by atoms with E-state index >= 15 is 0 Å². The largest absolute Gasteiger partial charge is 0.249 e. The number of halogens is 5. The van der Waals surface area contributed by atoms with Crippen molar-refractivity contribution in [1.29, 1.82) is 0 Å². The Bertz CT molecular complexity index is 583. The molecule has 100 valence electrons. The molecule has 0 bridgehead atoms. The Morgan fingerprint density at radius 3 is 1.50 bits per heavy atom. The third-order valence-corrected chi connectivity index (χ3v) is 4.50. The first-order valence-electron chi connectivity index (χ1n) is 4.80. The van der Waals surface area contributed by atoms with Crippen molar-refractivity contribution in [2.75, 3.05) is 13.1 Å². The fourth-order valence-corrected chi connectivity index (χ4v) is 3.10. The number of rotatable bonds is 2. The Hall–Kier alpha value is -1.22. The zero-order valence-corrected chi connectivity index (χ0v) is 9.50. The molecule has 18 heavy (non-hydrogen) atoms. The van der Waals surface area contributed by atoms with Crippen molar-refractivity contribution >= 4 is 10.0 Å². The second-order valence-corrected chi connectivity index (χ2v) is 5.53. The Kier molecular flexibility index (Phi) is 3.06. The Morgan fingerprint density at radius 1 is 0.778 bits per heavy atom. The van der Waals surface area contributed by atoms with Crippen LogP contribution in [0.3, 0.4) is 0 Å². The molecule has 1 aromatic rings. The van der Waals surface area contributed by atoms with Gasteiger partial charge in [0.1, 0.15) is 0 Å². The highest BCUT2D eigenvalue weighted by Crippen LogP contribution is 2.30. The smallest absolute Gasteiger partial charge is 0.207 e. The third kappa shape index (κ3) is 1.69. The van der Waals surface area contributed by atoms with Gasteiger partial charge in [-0.25, -0.2) is 30.4 Å². The maximum absolute atomic E-state index is 13.3. The fourth-order valence-electron chi connectivity index (χ4n) is 1.47. The summed E-state index contributed by atoms with van der Waals surface area (Å²) in [6.07, 6.45) is 0.467. The Labute approximate surface area is 98.9 Å². The topological polar surface area (TPSA) is 37.4 Å². The molecule has 1 aromatic carbocycles. The minimum Gasteiger partial charge on any atom is -0.207 e. The van der Waals surface area contributed by atoms with Crippen molar-refractivity contribution in [1.82, 2.24) is 4.31 Å². The van der Waals surface area contributed by atoms with Gasteiger partial charge in [-0.3, -0.25) is 0 Å². The van der Waals surface area contributed by atoms with Gasteiger partial charge >= 0.3 is 0 Å². The van der Waals surface area contributed by atoms with Crippen LogP contribution in [0.15, 0.2) is 4.90 Å². The van der Waals surface area contributed by atoms with Crippen LogP contribution in [0.25, 0.3) is 0 Å². The molecule has 9 heteroatoms. The summed E-state index contributed by atoms with van der Waals surface area (Å²) in [4.78, 5) is -1.79. The first-order chi connectivity index (χ1) is 8.28. The summed E-state index contributed by atoms with van der Waals surface area (Å²) >= 11 is 0. The lowest BCUT2D eigenvalue weighted by molar-refractivity contribution is 0.300. The lowest BCUT2D eigenvalue weighted by atomic mass is 10.3. The number of nitrogens with zero attached hydrogens (tertiary/aromatic N) is 1. The van der Waals surface area contributed by atoms with Crippen LogP contribution in [0.4, 0.5) is 22.0 Å². The highest BCUT2D eigenvalue weighted by atomic mass is 32.2. The average Bonchev–Trinajstić information content (AvgIpc) is 2.20. The van der Waals surface area contributed by atoms with Gasteiger partial charge in [-0.05, 0) is 6.42 Å². The molecule has 1 saturated heterocycles. The lowest BCUT2D eigenvalue weighted by Crippen LogP contribution is -2.42. The predicted molar refractivity (Wildman–Crippen MR) is 49.6 cm³/mol. The molecule has 0 unspecified atom stereocenters. The predicted octanol–water partition coefficient (Wildman–Crippen LogP) is 1.78. The zero-order valence-electron chi connectivity index (χ0n) is 8.68. The monoisotopic (exact) mass is 287 g/mol. The number of hydrogen-bond acceptors (Lipinski definition) is 2. The fraction of sp³-hybridized carbons (Fsp3) is 0.333. The van der Waals surface area contributed by atoms with Crippen molar-refractivity contribution in [3.63, 3.8) is 0 Å². The molecule has 0 saturated carbocycles. The van der Waals surface area contributed by atoms with E-state index in [9.17, 15) is 30.4 Å². The van der Waals surface area contributed by atoms with Crippen LogP contribution >= 0.6 is 0 Å². The molecule has 0 aromatic heterocycles. The van der Waals surface area contributed by atoms with Gasteiger partial charge in [-0.15, -0.1) is 0 Å². The van der Waals surface area contributed by atoms with Crippen molar-refractivity contribution in [3.05, 3.63) is 29.1 Å². The van der Waals surface area contributed by atoms with E-state index in [1.54, 1.807) is 0 Å². The zero-order chi connectivity index (χ0) is 13.7. The summed E-state index contributed by atoms with van der Waals surface area (Å²) in [6.45, 7) is -0.0242. The van der Waals surface area contributed by atoms with Gasteiger partial charge in [-0.1, -0.05) is 0 Å². The Morgan fingerprint density at radius 2 is 1.17 bits per heavy atom. The maximum Gasteiger partial charge on any atom is 0.249 e. The van der Waals surface area contributed by atoms with Gasteiger partial charge in [0, 0.05) is 13.1 Å². The van der Waals surface area contributed by atoms with Crippen LogP contribution in [0.5, 0.6) is 0 Å². The van der Waals surface area contributed by atoms with E-state index in [0.29, 0.717) is 10.7 Å². The maximum atomic E-state index is 13.3. The first-order valence-corrected chi connectivity index (χ1v) is 6.24. The average molecular weight is 287 g/mol. The molecule has 0 amide bonds. The van der Waals surface area contributed by atoms with Crippen LogP contribution in [0.2, 0.25) is 0 Å². The molecule has 3 nitrogen and oxygen atoms in total. The summed E-state index contributed by atoms with van der Waals surface area (Å²) in [5, 5.41) is 0. The van der Waals surface area contributed by atoms with E-state index in [-0.39, 0.29) is 13.1 Å². The van der Waals surface area contributed by atoms with Gasteiger partial charge in [-0.2, -0.15) is 4.31 Å². The highest BCUT2D eigenvalue weighted by molar-refractivity contribution is 7.89. The summed E-state index contributed by atoms with van der Waals surface area (Å²) in [6, 6.07) is 0. The molecule has 1 fully saturated rings. The molecule has 0 radical (unpaired) electrons. The molecule has 0 aliphatic carbocycles. The van der Waals surface area contributed by atoms with Gasteiger partial charge < -0.3 is 0 Å². The normalized spacial score (nSPS) is 16.7. The van der Waals surface area contributed by atoms with Crippen molar-refractivity contribution in [2.45, 2.75) is 11.3 Å². The molecule has 2 rings (SSSR count). The SMILES string of the molecule is O=S(=O)(c1c(F)c(F)c(F)c(F)c1F)N1CCC1. The van der Waals surface area contributed by atoms with Crippen molar-refractivity contribution in [3.8, 4) is 0 Å². The van der Waals surface area contributed by atoms with Crippen LogP contribution in [-0.4, -0.2) is 25.8 Å². The minimum absolute atomic E-state index is 0.0121. The summed E-state index contributed by atoms with van der Waals surface area (Å²) < 4.78 is 89.0. The van der Waals surface area contributed by atoms with E-state index in [1.165, 1.54) is 0 Å². The Balaban J connectivity index is 2.72. The number of sulfonamides is 1. The molecule has 1 aliphatic rings. The summed E-state index contributed by atoms with van der Waals surface area (Å²) in [5.41, 5.74) is 0. The van der Waals surface area contributed by atoms with E-state index in [0.717, 1.165) is 0 Å². The van der Waals surface area contributed by atoms with E-state index in [4.69, 9.17) is 0 Å². The van der Waals surface area contributed by atoms with Crippen molar-refractivity contribution in [2.24, 2.45) is 0 Å². The van der Waals surface area contributed by atoms with Gasteiger partial charge in [0.05, 0.1) is 0 Å². The van der Waals surface area contributed by atoms with Crippen molar-refractivity contribution < 1.29 is 30.4 Å². The second-order valence-electron chi connectivity index (χ2n) is 3.66. The van der Waals surface area contributed by atoms with Crippen LogP contribution in [0.1, 0.15) is 6.42 Å². The summed E-state index contributed by atoms with van der Waals surface area (Å²) in [7, 11) is -4.69. The minimum atomic E-state index is -4.69. The molecule has 0 atom stereocenters. The molecule has 0 spiro atoms. The van der Waals surface area contributed by atoms with Gasteiger partial charge in [0.15, 0.2) is 28.2 Å². The molecule has 0 N–H and O–H groups in total. The highest BCUT2D eigenvalue weighted by Gasteiger charge is 2.38. The van der Waals surface area contributed by atoms with E-state index < -0.39 is 44.0 Å². The van der Waals surface area contributed by atoms with Crippen LogP contribution in [-0.2, 0) is 10.0 Å². The van der Waals surface area contributed by atoms with Gasteiger partial charge in [0.2, 0.25) is 15.8 Å². The molecule has 1 heterocycles. The molecule has 1 aliphatic heterocycles. The molecular weight excluding hydrogens is 281 g/mol. The van der Waals surface area contributed by atoms with Crippen LogP contribution in [0, 0.1) is 29.1 Å². The quantitative estimate of drug-likeness (QED) is 0.472. The van der Waals surface area contributed by atoms with E-state index in [1.807, 2.05) is 0 Å². The first kappa shape index (κ1) is 13.2.